The van der Waals surface area contributed by atoms with Crippen molar-refractivity contribution in [3.05, 3.63) is 12.2 Å². The molecule has 1 amide bonds. The number of allylic oxidation sites excluding steroid dienone is 2. The van der Waals surface area contributed by atoms with Crippen LogP contribution in [0.4, 0.5) is 0 Å². The van der Waals surface area contributed by atoms with Crippen LogP contribution in [0.25, 0.3) is 0 Å². The smallest absolute Gasteiger partial charge is 0.268 e. The molecule has 9 heteroatoms. The Morgan fingerprint density at radius 3 is 1.44 bits per heavy atom. The third-order valence-corrected chi connectivity index (χ3v) is 11.5. The molecule has 0 saturated heterocycles. The van der Waals surface area contributed by atoms with Crippen molar-refractivity contribution in [1.29, 1.82) is 0 Å². The van der Waals surface area contributed by atoms with Gasteiger partial charge in [0.2, 0.25) is 5.91 Å². The van der Waals surface area contributed by atoms with Crippen molar-refractivity contribution in [2.24, 2.45) is 0 Å². The maximum atomic E-state index is 12.9. The minimum atomic E-state index is -4.57. The summed E-state index contributed by atoms with van der Waals surface area (Å²) >= 11 is 0. The largest absolute Gasteiger partial charge is 0.756 e. The van der Waals surface area contributed by atoms with Crippen LogP contribution in [0, 0.1) is 0 Å². The molecule has 0 rings (SSSR count). The van der Waals surface area contributed by atoms with Crippen LogP contribution < -0.4 is 10.2 Å². The Labute approximate surface area is 335 Å². The number of rotatable bonds is 42. The highest BCUT2D eigenvalue weighted by molar-refractivity contribution is 7.45. The van der Waals surface area contributed by atoms with Crippen molar-refractivity contribution < 1.29 is 32.9 Å². The summed E-state index contributed by atoms with van der Waals surface area (Å²) in [6.07, 6.45) is 42.1. The SMILES string of the molecule is CCCCCCCCCCCCC/C=C/CCCC[C@@H](O)[C@H](COP(=O)([O-])OCC[N+](C)(C)C)NC(=O)CCCCCCCCCCCCCCCCC. The van der Waals surface area contributed by atoms with Gasteiger partial charge in [-0.2, -0.15) is 0 Å². The number of quaternary nitrogens is 1. The monoisotopic (exact) mass is 787 g/mol. The molecular weight excluding hydrogens is 695 g/mol. The van der Waals surface area contributed by atoms with Gasteiger partial charge in [-0.3, -0.25) is 9.36 Å². The predicted octanol–water partition coefficient (Wildman–Crippen LogP) is 12.1. The van der Waals surface area contributed by atoms with E-state index in [1.807, 2.05) is 21.1 Å². The summed E-state index contributed by atoms with van der Waals surface area (Å²) in [4.78, 5) is 25.3. The average Bonchev–Trinajstić information content (AvgIpc) is 3.12. The van der Waals surface area contributed by atoms with E-state index >= 15 is 0 Å². The second-order valence-electron chi connectivity index (χ2n) is 17.1. The fraction of sp³-hybridized carbons (Fsp3) is 0.933. The van der Waals surface area contributed by atoms with Gasteiger partial charge in [0.15, 0.2) is 0 Å². The number of amides is 1. The number of phosphoric ester groups is 1. The molecule has 2 N–H and O–H groups in total. The van der Waals surface area contributed by atoms with Crippen LogP contribution in [-0.4, -0.2) is 68.5 Å². The van der Waals surface area contributed by atoms with Crippen LogP contribution in [0.5, 0.6) is 0 Å². The second-order valence-corrected chi connectivity index (χ2v) is 18.5. The molecule has 0 bridgehead atoms. The Morgan fingerprint density at radius 1 is 0.630 bits per heavy atom. The molecule has 0 radical (unpaired) electrons. The van der Waals surface area contributed by atoms with Gasteiger partial charge < -0.3 is 28.8 Å². The predicted molar refractivity (Wildman–Crippen MR) is 229 cm³/mol. The Morgan fingerprint density at radius 2 is 1.02 bits per heavy atom. The number of nitrogens with zero attached hydrogens (tertiary/aromatic N) is 1. The van der Waals surface area contributed by atoms with E-state index in [0.717, 1.165) is 44.9 Å². The molecule has 322 valence electrons. The van der Waals surface area contributed by atoms with Crippen LogP contribution in [0.15, 0.2) is 12.2 Å². The molecule has 0 heterocycles. The van der Waals surface area contributed by atoms with Crippen molar-refractivity contribution in [3.8, 4) is 0 Å². The molecule has 0 aliphatic heterocycles. The average molecular weight is 787 g/mol. The van der Waals surface area contributed by atoms with Gasteiger partial charge >= 0.3 is 0 Å². The van der Waals surface area contributed by atoms with Crippen molar-refractivity contribution in [3.63, 3.8) is 0 Å². The number of carbonyl (C=O) groups is 1. The van der Waals surface area contributed by atoms with Gasteiger partial charge in [-0.25, -0.2) is 0 Å². The summed E-state index contributed by atoms with van der Waals surface area (Å²) in [7, 11) is 1.30. The van der Waals surface area contributed by atoms with E-state index in [1.54, 1.807) is 0 Å². The molecule has 0 fully saturated rings. The highest BCUT2D eigenvalue weighted by Gasteiger charge is 2.24. The van der Waals surface area contributed by atoms with E-state index in [0.29, 0.717) is 23.9 Å². The third-order valence-electron chi connectivity index (χ3n) is 10.5. The first-order valence-corrected chi connectivity index (χ1v) is 24.5. The molecule has 0 aromatic heterocycles. The second kappa shape index (κ2) is 37.8. The lowest BCUT2D eigenvalue weighted by molar-refractivity contribution is -0.870. The molecule has 0 spiro atoms. The van der Waals surface area contributed by atoms with E-state index < -0.39 is 20.0 Å². The van der Waals surface area contributed by atoms with E-state index in [4.69, 9.17) is 9.05 Å². The van der Waals surface area contributed by atoms with Crippen molar-refractivity contribution in [2.75, 3.05) is 40.9 Å². The quantitative estimate of drug-likeness (QED) is 0.0276. The normalized spacial score (nSPS) is 14.4. The number of carbonyl (C=O) groups excluding carboxylic acids is 1. The topological polar surface area (TPSA) is 108 Å². The molecule has 3 atom stereocenters. The Hall–Kier alpha value is -0.760. The van der Waals surface area contributed by atoms with E-state index in [1.165, 1.54) is 148 Å². The van der Waals surface area contributed by atoms with Gasteiger partial charge in [-0.1, -0.05) is 187 Å². The van der Waals surface area contributed by atoms with Crippen LogP contribution >= 0.6 is 7.82 Å². The summed E-state index contributed by atoms with van der Waals surface area (Å²) in [6.45, 7) is 4.71. The molecule has 0 aliphatic rings. The zero-order chi connectivity index (χ0) is 40.0. The van der Waals surface area contributed by atoms with Crippen LogP contribution in [0.1, 0.15) is 219 Å². The van der Waals surface area contributed by atoms with Gasteiger partial charge in [-0.05, 0) is 38.5 Å². The van der Waals surface area contributed by atoms with Crippen LogP contribution in [0.2, 0.25) is 0 Å². The summed E-state index contributed by atoms with van der Waals surface area (Å²) in [5.41, 5.74) is 0. The Bertz CT molecular complexity index is 896. The number of unbranched alkanes of at least 4 members (excludes halogenated alkanes) is 27. The standard InChI is InChI=1S/C45H91N2O6P/c1-6-8-10-12-14-16-18-20-22-23-25-26-28-30-32-34-36-38-44(48)43(42-53-54(50,51)52-41-40-47(3,4)5)46-45(49)39-37-35-33-31-29-27-24-21-19-17-15-13-11-9-7-2/h28,30,43-44,48H,6-27,29,31-42H2,1-5H3,(H-,46,49,50,51)/b30-28+/t43-,44+/m0/s1. The zero-order valence-corrected chi connectivity index (χ0v) is 37.3. The Kier molecular flexibility index (Phi) is 37.3. The minimum Gasteiger partial charge on any atom is -0.756 e. The van der Waals surface area contributed by atoms with Gasteiger partial charge in [-0.15, -0.1) is 0 Å². The zero-order valence-electron chi connectivity index (χ0n) is 36.4. The summed E-state index contributed by atoms with van der Waals surface area (Å²) in [6, 6.07) is -0.810. The molecule has 0 saturated carbocycles. The van der Waals surface area contributed by atoms with Gasteiger partial charge in [0.25, 0.3) is 7.82 Å². The van der Waals surface area contributed by atoms with Crippen molar-refractivity contribution >= 4 is 13.7 Å². The minimum absolute atomic E-state index is 0.00974. The summed E-state index contributed by atoms with van der Waals surface area (Å²) in [5, 5.41) is 13.9. The van der Waals surface area contributed by atoms with E-state index in [-0.39, 0.29) is 19.1 Å². The number of hydrogen-bond donors (Lipinski definition) is 2. The molecule has 0 aromatic carbocycles. The number of aliphatic hydroxyl groups is 1. The molecule has 1 unspecified atom stereocenters. The molecule has 0 aliphatic carbocycles. The molecule has 0 aromatic rings. The Balaban J connectivity index is 4.37. The highest BCUT2D eigenvalue weighted by Crippen LogP contribution is 2.38. The molecule has 8 nitrogen and oxygen atoms in total. The maximum absolute atomic E-state index is 12.9. The number of nitrogens with one attached hydrogen (secondary N) is 1. The molecular formula is C45H91N2O6P. The fourth-order valence-electron chi connectivity index (χ4n) is 6.80. The number of likely N-dealkylation sites (N-methyl/N-ethyl adjacent to an activating group) is 1. The number of phosphoric acid groups is 1. The van der Waals surface area contributed by atoms with E-state index in [2.05, 4.69) is 31.3 Å². The highest BCUT2D eigenvalue weighted by atomic mass is 31.2. The first kappa shape index (κ1) is 53.2. The number of aliphatic hydroxyl groups excluding tert-OH is 1. The van der Waals surface area contributed by atoms with Gasteiger partial charge in [0, 0.05) is 6.42 Å². The van der Waals surface area contributed by atoms with Crippen LogP contribution in [-0.2, 0) is 18.4 Å². The van der Waals surface area contributed by atoms with Gasteiger partial charge in [0.05, 0.1) is 39.9 Å². The summed E-state index contributed by atoms with van der Waals surface area (Å²) in [5.74, 6) is -0.172. The van der Waals surface area contributed by atoms with E-state index in [9.17, 15) is 19.4 Å². The molecule has 54 heavy (non-hydrogen) atoms. The van der Waals surface area contributed by atoms with Gasteiger partial charge in [0.1, 0.15) is 13.2 Å². The lowest BCUT2D eigenvalue weighted by Gasteiger charge is -2.30. The van der Waals surface area contributed by atoms with Crippen molar-refractivity contribution in [2.45, 2.75) is 231 Å². The summed E-state index contributed by atoms with van der Waals surface area (Å²) < 4.78 is 23.3. The lowest BCUT2D eigenvalue weighted by Crippen LogP contribution is -2.46. The number of hydrogen-bond acceptors (Lipinski definition) is 6. The fourth-order valence-corrected chi connectivity index (χ4v) is 7.52. The first-order valence-electron chi connectivity index (χ1n) is 23.0. The first-order chi connectivity index (χ1) is 26.0. The third kappa shape index (κ3) is 39.5. The van der Waals surface area contributed by atoms with Crippen LogP contribution in [0.3, 0.4) is 0 Å². The lowest BCUT2D eigenvalue weighted by atomic mass is 10.0. The van der Waals surface area contributed by atoms with Crippen molar-refractivity contribution in [1.82, 2.24) is 5.32 Å². The maximum Gasteiger partial charge on any atom is 0.268 e.